The third-order valence-electron chi connectivity index (χ3n) is 3.76. The second kappa shape index (κ2) is 5.06. The van der Waals surface area contributed by atoms with Gasteiger partial charge in [-0.15, -0.1) is 0 Å². The number of hydrogen-bond acceptors (Lipinski definition) is 4. The number of carbonyl (C=O) groups excluding carboxylic acids is 1. The van der Waals surface area contributed by atoms with Gasteiger partial charge in [-0.1, -0.05) is 0 Å². The molecule has 1 unspecified atom stereocenters. The molecule has 7 heteroatoms. The minimum Gasteiger partial charge on any atom is -0.399 e. The van der Waals surface area contributed by atoms with E-state index in [4.69, 9.17) is 11.5 Å². The van der Waals surface area contributed by atoms with E-state index in [-0.39, 0.29) is 4.90 Å². The van der Waals surface area contributed by atoms with Crippen molar-refractivity contribution in [2.45, 2.75) is 37.6 Å². The van der Waals surface area contributed by atoms with Gasteiger partial charge < -0.3 is 11.5 Å². The molecule has 0 radical (unpaired) electrons. The van der Waals surface area contributed by atoms with Crippen molar-refractivity contribution in [3.8, 4) is 0 Å². The summed E-state index contributed by atoms with van der Waals surface area (Å²) in [7, 11) is -3.76. The van der Waals surface area contributed by atoms with Crippen LogP contribution in [0.5, 0.6) is 0 Å². The molecule has 0 aliphatic carbocycles. The first-order chi connectivity index (χ1) is 9.25. The van der Waals surface area contributed by atoms with Crippen molar-refractivity contribution in [2.24, 2.45) is 5.73 Å². The smallest absolute Gasteiger partial charge is 0.244 e. The molecule has 1 aliphatic rings. The number of primary amides is 1. The molecule has 6 nitrogen and oxygen atoms in total. The first-order valence-electron chi connectivity index (χ1n) is 6.43. The Balaban J connectivity index is 2.53. The summed E-state index contributed by atoms with van der Waals surface area (Å²) in [5.74, 6) is -0.607. The second-order valence-electron chi connectivity index (χ2n) is 5.14. The van der Waals surface area contributed by atoms with Gasteiger partial charge in [0.2, 0.25) is 15.9 Å². The Hall–Kier alpha value is -1.60. The van der Waals surface area contributed by atoms with Crippen LogP contribution in [0.25, 0.3) is 0 Å². The molecule has 1 aromatic rings. The lowest BCUT2D eigenvalue weighted by Crippen LogP contribution is -2.43. The van der Waals surface area contributed by atoms with Gasteiger partial charge >= 0.3 is 0 Å². The van der Waals surface area contributed by atoms with Gasteiger partial charge in [-0.25, -0.2) is 8.42 Å². The van der Waals surface area contributed by atoms with Crippen molar-refractivity contribution < 1.29 is 13.2 Å². The number of aryl methyl sites for hydroxylation is 1. The van der Waals surface area contributed by atoms with E-state index in [1.54, 1.807) is 19.9 Å². The van der Waals surface area contributed by atoms with Crippen LogP contribution in [0.3, 0.4) is 0 Å². The lowest BCUT2D eigenvalue weighted by atomic mass is 10.1. The van der Waals surface area contributed by atoms with Gasteiger partial charge in [-0.3, -0.25) is 4.79 Å². The summed E-state index contributed by atoms with van der Waals surface area (Å²) in [6.07, 6.45) is 1.10. The van der Waals surface area contributed by atoms with Crippen LogP contribution < -0.4 is 11.5 Å². The SMILES string of the molecule is Cc1cc(N)cc(S(=O)(=O)N2CCCC2C(N)=O)c1C. The fraction of sp³-hybridized carbons (Fsp3) is 0.462. The van der Waals surface area contributed by atoms with Gasteiger partial charge in [-0.05, 0) is 49.9 Å². The zero-order chi connectivity index (χ0) is 15.1. The van der Waals surface area contributed by atoms with Gasteiger partial charge in [0.05, 0.1) is 4.90 Å². The minimum absolute atomic E-state index is 0.156. The number of hydrogen-bond donors (Lipinski definition) is 2. The molecule has 4 N–H and O–H groups in total. The Kier molecular flexibility index (Phi) is 3.75. The maximum Gasteiger partial charge on any atom is 0.244 e. The third-order valence-corrected chi connectivity index (χ3v) is 5.80. The van der Waals surface area contributed by atoms with Crippen LogP contribution in [0.2, 0.25) is 0 Å². The fourth-order valence-electron chi connectivity index (χ4n) is 2.56. The first kappa shape index (κ1) is 14.8. The van der Waals surface area contributed by atoms with Gasteiger partial charge in [-0.2, -0.15) is 4.31 Å². The molecule has 1 aromatic carbocycles. The molecule has 0 bridgehead atoms. The number of nitrogens with two attached hydrogens (primary N) is 2. The van der Waals surface area contributed by atoms with E-state index in [0.717, 1.165) is 5.56 Å². The van der Waals surface area contributed by atoms with Gasteiger partial charge in [0.25, 0.3) is 0 Å². The minimum atomic E-state index is -3.76. The molecule has 1 aliphatic heterocycles. The van der Waals surface area contributed by atoms with E-state index in [9.17, 15) is 13.2 Å². The molecule has 2 rings (SSSR count). The molecule has 110 valence electrons. The number of carbonyl (C=O) groups is 1. The van der Waals surface area contributed by atoms with E-state index < -0.39 is 22.0 Å². The summed E-state index contributed by atoms with van der Waals surface area (Å²) in [6.45, 7) is 3.85. The van der Waals surface area contributed by atoms with Crippen molar-refractivity contribution in [1.29, 1.82) is 0 Å². The van der Waals surface area contributed by atoms with E-state index in [2.05, 4.69) is 0 Å². The van der Waals surface area contributed by atoms with Crippen LogP contribution >= 0.6 is 0 Å². The molecule has 0 saturated carbocycles. The summed E-state index contributed by atoms with van der Waals surface area (Å²) in [4.78, 5) is 11.6. The predicted octanol–water partition coefficient (Wildman–Crippen LogP) is 0.524. The summed E-state index contributed by atoms with van der Waals surface area (Å²) in [5.41, 5.74) is 12.9. The lowest BCUT2D eigenvalue weighted by molar-refractivity contribution is -0.121. The molecular formula is C13H19N3O3S. The fourth-order valence-corrected chi connectivity index (χ4v) is 4.56. The number of benzene rings is 1. The Labute approximate surface area is 118 Å². The van der Waals surface area contributed by atoms with Gasteiger partial charge in [0, 0.05) is 12.2 Å². The van der Waals surface area contributed by atoms with Crippen molar-refractivity contribution in [2.75, 3.05) is 12.3 Å². The molecule has 1 saturated heterocycles. The van der Waals surface area contributed by atoms with Crippen LogP contribution in [0.1, 0.15) is 24.0 Å². The lowest BCUT2D eigenvalue weighted by Gasteiger charge is -2.23. The normalized spacial score (nSPS) is 20.2. The van der Waals surface area contributed by atoms with Crippen LogP contribution in [0, 0.1) is 13.8 Å². The topological polar surface area (TPSA) is 106 Å². The zero-order valence-electron chi connectivity index (χ0n) is 11.6. The number of rotatable bonds is 3. The molecule has 1 amide bonds. The number of anilines is 1. The van der Waals surface area contributed by atoms with Crippen molar-refractivity contribution in [1.82, 2.24) is 4.31 Å². The van der Waals surface area contributed by atoms with Crippen molar-refractivity contribution in [3.05, 3.63) is 23.3 Å². The monoisotopic (exact) mass is 297 g/mol. The summed E-state index contributed by atoms with van der Waals surface area (Å²) >= 11 is 0. The second-order valence-corrected chi connectivity index (χ2v) is 7.00. The van der Waals surface area contributed by atoms with E-state index in [1.165, 1.54) is 10.4 Å². The average molecular weight is 297 g/mol. The van der Waals surface area contributed by atoms with Crippen LogP contribution in [0.15, 0.2) is 17.0 Å². The molecule has 1 atom stereocenters. The molecule has 20 heavy (non-hydrogen) atoms. The number of nitrogen functional groups attached to an aromatic ring is 1. The average Bonchev–Trinajstić information content (AvgIpc) is 2.83. The maximum absolute atomic E-state index is 12.7. The third kappa shape index (κ3) is 2.38. The summed E-state index contributed by atoms with van der Waals surface area (Å²) in [5, 5.41) is 0. The highest BCUT2D eigenvalue weighted by atomic mass is 32.2. The molecule has 0 spiro atoms. The van der Waals surface area contributed by atoms with E-state index >= 15 is 0 Å². The molecule has 1 heterocycles. The molecule has 0 aromatic heterocycles. The maximum atomic E-state index is 12.7. The molecular weight excluding hydrogens is 278 g/mol. The Morgan fingerprint density at radius 2 is 2.00 bits per heavy atom. The predicted molar refractivity (Wildman–Crippen MR) is 76.4 cm³/mol. The van der Waals surface area contributed by atoms with Gasteiger partial charge in [0.1, 0.15) is 6.04 Å². The van der Waals surface area contributed by atoms with Crippen molar-refractivity contribution in [3.63, 3.8) is 0 Å². The Bertz CT molecular complexity index is 655. The molecule has 1 fully saturated rings. The Morgan fingerprint density at radius 3 is 2.60 bits per heavy atom. The summed E-state index contributed by atoms with van der Waals surface area (Å²) < 4.78 is 26.7. The van der Waals surface area contributed by atoms with Crippen LogP contribution in [-0.4, -0.2) is 31.2 Å². The number of nitrogens with zero attached hydrogens (tertiary/aromatic N) is 1. The van der Waals surface area contributed by atoms with Crippen molar-refractivity contribution >= 4 is 21.6 Å². The highest BCUT2D eigenvalue weighted by molar-refractivity contribution is 7.89. The Morgan fingerprint density at radius 1 is 1.35 bits per heavy atom. The highest BCUT2D eigenvalue weighted by Crippen LogP contribution is 2.30. The first-order valence-corrected chi connectivity index (χ1v) is 7.87. The summed E-state index contributed by atoms with van der Waals surface area (Å²) in [6, 6.07) is 2.40. The standard InChI is InChI=1S/C13H19N3O3S/c1-8-6-10(14)7-12(9(8)2)20(18,19)16-5-3-4-11(16)13(15)17/h6-7,11H,3-5,14H2,1-2H3,(H2,15,17). The van der Waals surface area contributed by atoms with Crippen LogP contribution in [-0.2, 0) is 14.8 Å². The highest BCUT2D eigenvalue weighted by Gasteiger charge is 2.39. The largest absolute Gasteiger partial charge is 0.399 e. The number of sulfonamides is 1. The zero-order valence-corrected chi connectivity index (χ0v) is 12.4. The van der Waals surface area contributed by atoms with E-state index in [1.807, 2.05) is 0 Å². The quantitative estimate of drug-likeness (QED) is 0.793. The van der Waals surface area contributed by atoms with Gasteiger partial charge in [0.15, 0.2) is 0 Å². The number of amides is 1. The van der Waals surface area contributed by atoms with Crippen LogP contribution in [0.4, 0.5) is 5.69 Å². The van der Waals surface area contributed by atoms with E-state index in [0.29, 0.717) is 30.6 Å².